The molecule has 0 unspecified atom stereocenters. The summed E-state index contributed by atoms with van der Waals surface area (Å²) in [4.78, 5) is 4.32. The van der Waals surface area contributed by atoms with Crippen LogP contribution in [0.1, 0.15) is 12.8 Å². The van der Waals surface area contributed by atoms with E-state index in [2.05, 4.69) is 4.98 Å². The summed E-state index contributed by atoms with van der Waals surface area (Å²) in [6, 6.07) is 5.45. The van der Waals surface area contributed by atoms with Gasteiger partial charge >= 0.3 is 0 Å². The zero-order valence-corrected chi connectivity index (χ0v) is 8.69. The van der Waals surface area contributed by atoms with Gasteiger partial charge in [-0.2, -0.15) is 0 Å². The van der Waals surface area contributed by atoms with E-state index in [1.807, 2.05) is 19.1 Å². The van der Waals surface area contributed by atoms with E-state index in [4.69, 9.17) is 14.9 Å². The first-order valence-electron chi connectivity index (χ1n) is 5.02. The number of fused-ring (bicyclic) bond motifs is 1. The van der Waals surface area contributed by atoms with Crippen LogP contribution in [0.25, 0.3) is 11.1 Å². The summed E-state index contributed by atoms with van der Waals surface area (Å²) >= 11 is 0. The van der Waals surface area contributed by atoms with Gasteiger partial charge in [-0.1, -0.05) is 0 Å². The smallest absolute Gasteiger partial charge is 0.197 e. The summed E-state index contributed by atoms with van der Waals surface area (Å²) in [6.07, 6.45) is 0.697. The Morgan fingerprint density at radius 2 is 2.33 bits per heavy atom. The Bertz CT molecular complexity index is 451. The monoisotopic (exact) mass is 206 g/mol. The van der Waals surface area contributed by atoms with Crippen LogP contribution < -0.4 is 5.73 Å². The third kappa shape index (κ3) is 2.27. The standard InChI is InChI=1S/C11H14N2O2/c1-2-14-6-5-11-13-9-7-8(12)3-4-10(9)15-11/h3-4,7H,2,5-6,12H2,1H3. The molecule has 15 heavy (non-hydrogen) atoms. The van der Waals surface area contributed by atoms with E-state index >= 15 is 0 Å². The summed E-state index contributed by atoms with van der Waals surface area (Å²) in [7, 11) is 0. The van der Waals surface area contributed by atoms with E-state index in [1.54, 1.807) is 6.07 Å². The predicted molar refractivity (Wildman–Crippen MR) is 58.6 cm³/mol. The number of nitrogens with zero attached hydrogens (tertiary/aromatic N) is 1. The molecular weight excluding hydrogens is 192 g/mol. The minimum Gasteiger partial charge on any atom is -0.441 e. The van der Waals surface area contributed by atoms with E-state index in [0.29, 0.717) is 31.2 Å². The molecule has 1 aromatic carbocycles. The number of hydrogen-bond donors (Lipinski definition) is 1. The number of anilines is 1. The predicted octanol–water partition coefficient (Wildman–Crippen LogP) is 1.99. The molecule has 4 heteroatoms. The highest BCUT2D eigenvalue weighted by molar-refractivity contribution is 5.76. The maximum Gasteiger partial charge on any atom is 0.197 e. The van der Waals surface area contributed by atoms with Gasteiger partial charge in [0.2, 0.25) is 0 Å². The number of nitrogen functional groups attached to an aromatic ring is 1. The molecule has 0 radical (unpaired) electrons. The molecule has 0 aliphatic rings. The van der Waals surface area contributed by atoms with Crippen molar-refractivity contribution < 1.29 is 9.15 Å². The van der Waals surface area contributed by atoms with Gasteiger partial charge in [0.05, 0.1) is 6.61 Å². The molecule has 0 aliphatic heterocycles. The van der Waals surface area contributed by atoms with Gasteiger partial charge in [-0.3, -0.25) is 0 Å². The van der Waals surface area contributed by atoms with Crippen molar-refractivity contribution in [1.82, 2.24) is 4.98 Å². The highest BCUT2D eigenvalue weighted by atomic mass is 16.5. The van der Waals surface area contributed by atoms with Gasteiger partial charge in [0, 0.05) is 18.7 Å². The maximum atomic E-state index is 5.65. The molecule has 1 heterocycles. The number of oxazole rings is 1. The van der Waals surface area contributed by atoms with Crippen LogP contribution in [0.5, 0.6) is 0 Å². The molecular formula is C11H14N2O2. The SMILES string of the molecule is CCOCCc1nc2cc(N)ccc2o1. The summed E-state index contributed by atoms with van der Waals surface area (Å²) in [5.41, 5.74) is 7.93. The molecule has 0 spiro atoms. The summed E-state index contributed by atoms with van der Waals surface area (Å²) in [5, 5.41) is 0. The first-order chi connectivity index (χ1) is 7.29. The van der Waals surface area contributed by atoms with Crippen LogP contribution in [0.2, 0.25) is 0 Å². The molecule has 0 bridgehead atoms. The van der Waals surface area contributed by atoms with Gasteiger partial charge in [0.25, 0.3) is 0 Å². The number of aromatic nitrogens is 1. The van der Waals surface area contributed by atoms with E-state index in [1.165, 1.54) is 0 Å². The Balaban J connectivity index is 2.16. The lowest BCUT2D eigenvalue weighted by Crippen LogP contribution is -1.97. The average Bonchev–Trinajstić information content (AvgIpc) is 2.60. The van der Waals surface area contributed by atoms with Crippen molar-refractivity contribution in [3.63, 3.8) is 0 Å². The van der Waals surface area contributed by atoms with Crippen molar-refractivity contribution in [3.05, 3.63) is 24.1 Å². The highest BCUT2D eigenvalue weighted by Gasteiger charge is 2.05. The molecule has 4 nitrogen and oxygen atoms in total. The van der Waals surface area contributed by atoms with Crippen LogP contribution in [0.3, 0.4) is 0 Å². The molecule has 0 fully saturated rings. The van der Waals surface area contributed by atoms with Crippen molar-refractivity contribution in [2.45, 2.75) is 13.3 Å². The lowest BCUT2D eigenvalue weighted by atomic mass is 10.3. The van der Waals surface area contributed by atoms with Crippen LogP contribution in [0, 0.1) is 0 Å². The second-order valence-electron chi connectivity index (χ2n) is 3.28. The number of nitrogens with two attached hydrogens (primary N) is 1. The molecule has 0 aliphatic carbocycles. The van der Waals surface area contributed by atoms with Gasteiger partial charge in [0.1, 0.15) is 5.52 Å². The van der Waals surface area contributed by atoms with Gasteiger partial charge in [-0.15, -0.1) is 0 Å². The van der Waals surface area contributed by atoms with Crippen molar-refractivity contribution >= 4 is 16.8 Å². The Morgan fingerprint density at radius 1 is 1.47 bits per heavy atom. The fourth-order valence-electron chi connectivity index (χ4n) is 1.40. The molecule has 2 N–H and O–H groups in total. The Morgan fingerprint density at radius 3 is 3.13 bits per heavy atom. The number of benzene rings is 1. The highest BCUT2D eigenvalue weighted by Crippen LogP contribution is 2.18. The molecule has 0 atom stereocenters. The summed E-state index contributed by atoms with van der Waals surface area (Å²) in [6.45, 7) is 3.32. The summed E-state index contributed by atoms with van der Waals surface area (Å²) in [5.74, 6) is 0.698. The van der Waals surface area contributed by atoms with E-state index in [9.17, 15) is 0 Å². The van der Waals surface area contributed by atoms with Crippen LogP contribution >= 0.6 is 0 Å². The van der Waals surface area contributed by atoms with Crippen LogP contribution in [0.15, 0.2) is 22.6 Å². The molecule has 0 saturated heterocycles. The Kier molecular flexibility index (Phi) is 2.87. The lowest BCUT2D eigenvalue weighted by molar-refractivity contribution is 0.146. The maximum absolute atomic E-state index is 5.65. The van der Waals surface area contributed by atoms with Crippen molar-refractivity contribution in [2.24, 2.45) is 0 Å². The number of hydrogen-bond acceptors (Lipinski definition) is 4. The molecule has 2 rings (SSSR count). The van der Waals surface area contributed by atoms with Crippen molar-refractivity contribution in [1.29, 1.82) is 0 Å². The number of ether oxygens (including phenoxy) is 1. The third-order valence-electron chi connectivity index (χ3n) is 2.12. The first kappa shape index (κ1) is 9.98. The molecule has 0 amide bonds. The molecule has 1 aromatic heterocycles. The zero-order chi connectivity index (χ0) is 10.7. The van der Waals surface area contributed by atoms with Crippen molar-refractivity contribution in [3.8, 4) is 0 Å². The van der Waals surface area contributed by atoms with Gasteiger partial charge in [-0.25, -0.2) is 4.98 Å². The van der Waals surface area contributed by atoms with E-state index in [0.717, 1.165) is 11.1 Å². The molecule has 2 aromatic rings. The van der Waals surface area contributed by atoms with Gasteiger partial charge < -0.3 is 14.9 Å². The fraction of sp³-hybridized carbons (Fsp3) is 0.364. The van der Waals surface area contributed by atoms with Crippen LogP contribution in [0.4, 0.5) is 5.69 Å². The van der Waals surface area contributed by atoms with Gasteiger partial charge in [-0.05, 0) is 25.1 Å². The topological polar surface area (TPSA) is 61.3 Å². The zero-order valence-electron chi connectivity index (χ0n) is 8.69. The largest absolute Gasteiger partial charge is 0.441 e. The Hall–Kier alpha value is -1.55. The van der Waals surface area contributed by atoms with E-state index < -0.39 is 0 Å². The minimum absolute atomic E-state index is 0.638. The first-order valence-corrected chi connectivity index (χ1v) is 5.02. The number of rotatable bonds is 4. The fourth-order valence-corrected chi connectivity index (χ4v) is 1.40. The van der Waals surface area contributed by atoms with Crippen LogP contribution in [-0.2, 0) is 11.2 Å². The normalized spacial score (nSPS) is 11.0. The average molecular weight is 206 g/mol. The van der Waals surface area contributed by atoms with E-state index in [-0.39, 0.29) is 0 Å². The van der Waals surface area contributed by atoms with Gasteiger partial charge in [0.15, 0.2) is 11.5 Å². The Labute approximate surface area is 88.0 Å². The molecule has 80 valence electrons. The van der Waals surface area contributed by atoms with Crippen molar-refractivity contribution in [2.75, 3.05) is 18.9 Å². The quantitative estimate of drug-likeness (QED) is 0.613. The third-order valence-corrected chi connectivity index (χ3v) is 2.12. The second kappa shape index (κ2) is 4.31. The lowest BCUT2D eigenvalue weighted by Gasteiger charge is -1.95. The molecule has 0 saturated carbocycles. The summed E-state index contributed by atoms with van der Waals surface area (Å²) < 4.78 is 10.8. The minimum atomic E-state index is 0.638. The second-order valence-corrected chi connectivity index (χ2v) is 3.28. The van der Waals surface area contributed by atoms with Crippen LogP contribution in [-0.4, -0.2) is 18.2 Å².